The predicted molar refractivity (Wildman–Crippen MR) is 125 cm³/mol. The highest BCUT2D eigenvalue weighted by molar-refractivity contribution is 5.99. The summed E-state index contributed by atoms with van der Waals surface area (Å²) in [6.45, 7) is 6.97. The second-order valence-electron chi connectivity index (χ2n) is 8.66. The number of cyclic esters (lactones) is 1. The third kappa shape index (κ3) is 6.08. The molecule has 190 valence electrons. The fourth-order valence-electron chi connectivity index (χ4n) is 4.43. The van der Waals surface area contributed by atoms with Gasteiger partial charge in [0.1, 0.15) is 12.1 Å². The molecule has 2 saturated heterocycles. The van der Waals surface area contributed by atoms with E-state index < -0.39 is 24.1 Å². The van der Waals surface area contributed by atoms with Crippen molar-refractivity contribution in [2.24, 2.45) is 4.99 Å². The molecule has 12 heteroatoms. The number of ether oxygens (including phenoxy) is 2. The lowest BCUT2D eigenvalue weighted by Gasteiger charge is -2.37. The number of esters is 1. The monoisotopic (exact) mass is 489 g/mol. The van der Waals surface area contributed by atoms with Crippen molar-refractivity contribution in [1.82, 2.24) is 15.3 Å². The summed E-state index contributed by atoms with van der Waals surface area (Å²) in [7, 11) is 0. The Kier molecular flexibility index (Phi) is 7.83. The number of carbonyl (C=O) groups is 3. The molecule has 0 bridgehead atoms. The molecule has 0 saturated carbocycles. The molecular weight excluding hydrogens is 458 g/mol. The second kappa shape index (κ2) is 11.0. The average Bonchev–Trinajstić information content (AvgIpc) is 3.43. The number of anilines is 1. The summed E-state index contributed by atoms with van der Waals surface area (Å²) in [4.78, 5) is 51.0. The van der Waals surface area contributed by atoms with Crippen LogP contribution in [0.3, 0.4) is 0 Å². The Morgan fingerprint density at radius 3 is 2.54 bits per heavy atom. The molecule has 0 aromatic heterocycles. The van der Waals surface area contributed by atoms with Crippen molar-refractivity contribution in [3.05, 3.63) is 29.8 Å². The number of piperazine rings is 1. The molecule has 12 nitrogen and oxygen atoms in total. The van der Waals surface area contributed by atoms with E-state index in [1.54, 1.807) is 16.7 Å². The summed E-state index contributed by atoms with van der Waals surface area (Å²) in [5.74, 6) is -0.892. The molecule has 0 radical (unpaired) electrons. The Hall–Kier alpha value is -3.22. The fraction of sp³-hybridized carbons (Fsp3) is 0.565. The zero-order valence-electron chi connectivity index (χ0n) is 19.9. The van der Waals surface area contributed by atoms with E-state index in [2.05, 4.69) is 15.4 Å². The highest BCUT2D eigenvalue weighted by atomic mass is 16.7. The van der Waals surface area contributed by atoms with Gasteiger partial charge in [-0.1, -0.05) is 0 Å². The van der Waals surface area contributed by atoms with E-state index in [-0.39, 0.29) is 25.4 Å². The first-order valence-electron chi connectivity index (χ1n) is 11.8. The van der Waals surface area contributed by atoms with Crippen molar-refractivity contribution in [2.75, 3.05) is 50.8 Å². The molecule has 1 aromatic rings. The van der Waals surface area contributed by atoms with Gasteiger partial charge in [0, 0.05) is 44.0 Å². The number of hydroxylamine groups is 1. The van der Waals surface area contributed by atoms with E-state index >= 15 is 0 Å². The Labute approximate surface area is 203 Å². The molecule has 1 amide bonds. The van der Waals surface area contributed by atoms with Crippen molar-refractivity contribution in [1.29, 1.82) is 0 Å². The zero-order valence-corrected chi connectivity index (χ0v) is 19.9. The van der Waals surface area contributed by atoms with Gasteiger partial charge in [-0.05, 0) is 38.1 Å². The molecule has 4 rings (SSSR count). The lowest BCUT2D eigenvalue weighted by Crippen LogP contribution is -2.54. The van der Waals surface area contributed by atoms with Gasteiger partial charge < -0.3 is 14.6 Å². The first-order chi connectivity index (χ1) is 16.8. The summed E-state index contributed by atoms with van der Waals surface area (Å²) in [5.41, 5.74) is 4.39. The van der Waals surface area contributed by atoms with E-state index in [1.165, 1.54) is 0 Å². The number of hydrogen-bond donors (Lipinski definition) is 2. The number of carboxylic acids is 1. The molecule has 3 unspecified atom stereocenters. The van der Waals surface area contributed by atoms with Gasteiger partial charge in [-0.3, -0.25) is 24.3 Å². The number of aliphatic imine (C=N–C) groups is 1. The number of nitrogens with one attached hydrogen (secondary N) is 1. The average molecular weight is 490 g/mol. The van der Waals surface area contributed by atoms with Crippen LogP contribution in [0.2, 0.25) is 0 Å². The van der Waals surface area contributed by atoms with Crippen molar-refractivity contribution < 1.29 is 33.8 Å². The van der Waals surface area contributed by atoms with Crippen molar-refractivity contribution >= 4 is 29.6 Å². The smallest absolute Gasteiger partial charge is 0.414 e. The minimum atomic E-state index is -1.03. The molecule has 2 fully saturated rings. The maximum atomic E-state index is 12.5. The van der Waals surface area contributed by atoms with Gasteiger partial charge >= 0.3 is 18.0 Å². The number of rotatable bonds is 9. The van der Waals surface area contributed by atoms with Gasteiger partial charge in [-0.25, -0.2) is 20.1 Å². The Bertz CT molecular complexity index is 962. The second-order valence-corrected chi connectivity index (χ2v) is 8.66. The summed E-state index contributed by atoms with van der Waals surface area (Å²) in [6.07, 6.45) is -1.10. The molecule has 3 atom stereocenters. The summed E-state index contributed by atoms with van der Waals surface area (Å²) in [5, 5.41) is 9.55. The molecule has 0 aliphatic carbocycles. The van der Waals surface area contributed by atoms with Gasteiger partial charge in [-0.15, -0.1) is 0 Å². The van der Waals surface area contributed by atoms with Crippen LogP contribution in [0.1, 0.15) is 25.8 Å². The number of benzene rings is 1. The number of hydrogen-bond acceptors (Lipinski definition) is 10. The summed E-state index contributed by atoms with van der Waals surface area (Å²) in [6, 6.07) is 6.54. The number of aliphatic carboxylic acids is 1. The maximum absolute atomic E-state index is 12.5. The SMILES string of the molecule is CCOC(=O)CC(C(=O)O)N1CCN(CC2CN(c3ccc(C4=NC(C)ON4)cc3)C(=O)O2)CC1. The molecule has 35 heavy (non-hydrogen) atoms. The normalized spacial score (nSPS) is 24.0. The number of carboxylic acid groups (broad SMARTS) is 1. The van der Waals surface area contributed by atoms with Crippen LogP contribution in [-0.2, 0) is 23.9 Å². The van der Waals surface area contributed by atoms with E-state index in [1.807, 2.05) is 31.2 Å². The van der Waals surface area contributed by atoms with Crippen LogP contribution in [0.5, 0.6) is 0 Å². The van der Waals surface area contributed by atoms with Crippen molar-refractivity contribution in [3.8, 4) is 0 Å². The topological polar surface area (TPSA) is 133 Å². The lowest BCUT2D eigenvalue weighted by atomic mass is 10.1. The number of amides is 1. The van der Waals surface area contributed by atoms with Crippen molar-refractivity contribution in [2.45, 2.75) is 38.6 Å². The Balaban J connectivity index is 1.27. The molecule has 0 spiro atoms. The fourth-order valence-corrected chi connectivity index (χ4v) is 4.43. The van der Waals surface area contributed by atoms with Crippen LogP contribution in [0, 0.1) is 0 Å². The van der Waals surface area contributed by atoms with Crippen LogP contribution < -0.4 is 10.4 Å². The molecule has 3 heterocycles. The summed E-state index contributed by atoms with van der Waals surface area (Å²) >= 11 is 0. The summed E-state index contributed by atoms with van der Waals surface area (Å²) < 4.78 is 10.5. The van der Waals surface area contributed by atoms with E-state index in [9.17, 15) is 19.5 Å². The molecular formula is C23H31N5O7. The maximum Gasteiger partial charge on any atom is 0.414 e. The Morgan fingerprint density at radius 2 is 1.94 bits per heavy atom. The third-order valence-corrected chi connectivity index (χ3v) is 6.22. The number of carbonyl (C=O) groups excluding carboxylic acids is 2. The van der Waals surface area contributed by atoms with Gasteiger partial charge in [0.2, 0.25) is 0 Å². The first kappa shape index (κ1) is 24.9. The lowest BCUT2D eigenvalue weighted by molar-refractivity contribution is -0.153. The molecule has 3 aliphatic heterocycles. The standard InChI is InChI=1S/C23H31N5O7/c1-3-33-20(29)12-19(22(30)31)27-10-8-26(9-11-27)13-18-14-28(23(32)34-18)17-6-4-16(5-7-17)21-24-15(2)35-25-21/h4-7,15,18-19H,3,8-14H2,1-2H3,(H,24,25)(H,30,31). The van der Waals surface area contributed by atoms with Gasteiger partial charge in [0.25, 0.3) is 0 Å². The van der Waals surface area contributed by atoms with Crippen LogP contribution in [0.25, 0.3) is 0 Å². The molecule has 1 aromatic carbocycles. The first-order valence-corrected chi connectivity index (χ1v) is 11.8. The highest BCUT2D eigenvalue weighted by Crippen LogP contribution is 2.23. The zero-order chi connectivity index (χ0) is 24.9. The predicted octanol–water partition coefficient (Wildman–Crippen LogP) is 0.663. The van der Waals surface area contributed by atoms with Crippen LogP contribution in [0.4, 0.5) is 10.5 Å². The van der Waals surface area contributed by atoms with E-state index in [0.717, 1.165) is 11.3 Å². The highest BCUT2D eigenvalue weighted by Gasteiger charge is 2.36. The Morgan fingerprint density at radius 1 is 1.23 bits per heavy atom. The van der Waals surface area contributed by atoms with E-state index in [0.29, 0.717) is 45.1 Å². The van der Waals surface area contributed by atoms with E-state index in [4.69, 9.17) is 14.3 Å². The van der Waals surface area contributed by atoms with Gasteiger partial charge in [-0.2, -0.15) is 0 Å². The van der Waals surface area contributed by atoms with Crippen LogP contribution in [-0.4, -0.2) is 103 Å². The van der Waals surface area contributed by atoms with Crippen LogP contribution >= 0.6 is 0 Å². The van der Waals surface area contributed by atoms with Gasteiger partial charge in [0.15, 0.2) is 12.1 Å². The largest absolute Gasteiger partial charge is 0.480 e. The number of amidine groups is 1. The minimum Gasteiger partial charge on any atom is -0.480 e. The minimum absolute atomic E-state index is 0.174. The number of nitrogens with zero attached hydrogens (tertiary/aromatic N) is 4. The molecule has 2 N–H and O–H groups in total. The quantitative estimate of drug-likeness (QED) is 0.477. The van der Waals surface area contributed by atoms with Crippen molar-refractivity contribution in [3.63, 3.8) is 0 Å². The third-order valence-electron chi connectivity index (χ3n) is 6.22. The van der Waals surface area contributed by atoms with Gasteiger partial charge in [0.05, 0.1) is 19.6 Å². The molecule has 3 aliphatic rings. The van der Waals surface area contributed by atoms with Crippen LogP contribution in [0.15, 0.2) is 29.3 Å².